The van der Waals surface area contributed by atoms with Crippen LogP contribution in [0, 0.1) is 0 Å². The molecule has 19 heavy (non-hydrogen) atoms. The summed E-state index contributed by atoms with van der Waals surface area (Å²) in [6.45, 7) is 5.15. The summed E-state index contributed by atoms with van der Waals surface area (Å²) in [6, 6.07) is 5.88. The van der Waals surface area contributed by atoms with Gasteiger partial charge in [0.1, 0.15) is 0 Å². The van der Waals surface area contributed by atoms with E-state index in [0.717, 1.165) is 5.56 Å². The topological polar surface area (TPSA) is 29.1 Å². The first kappa shape index (κ1) is 15.5. The van der Waals surface area contributed by atoms with Crippen molar-refractivity contribution < 1.29 is 18.0 Å². The molecule has 1 unspecified atom stereocenters. The fourth-order valence-electron chi connectivity index (χ4n) is 1.86. The number of amides is 1. The Morgan fingerprint density at radius 1 is 1.26 bits per heavy atom. The maximum absolute atomic E-state index is 12.5. The summed E-state index contributed by atoms with van der Waals surface area (Å²) in [7, 11) is 0. The molecule has 1 rings (SSSR count). The van der Waals surface area contributed by atoms with Gasteiger partial charge in [-0.2, -0.15) is 13.2 Å². The lowest BCUT2D eigenvalue weighted by Gasteiger charge is -2.21. The molecule has 0 aromatic heterocycles. The van der Waals surface area contributed by atoms with Crippen molar-refractivity contribution in [2.45, 2.75) is 45.3 Å². The number of hydrogen-bond donors (Lipinski definition) is 1. The normalized spacial score (nSPS) is 13.4. The molecule has 0 aliphatic carbocycles. The van der Waals surface area contributed by atoms with E-state index in [4.69, 9.17) is 0 Å². The van der Waals surface area contributed by atoms with Crippen molar-refractivity contribution in [3.8, 4) is 0 Å². The number of halogens is 3. The molecule has 2 nitrogen and oxygen atoms in total. The maximum atomic E-state index is 12.5. The van der Waals surface area contributed by atoms with E-state index in [2.05, 4.69) is 5.32 Å². The number of nitrogens with one attached hydrogen (secondary N) is 1. The molecule has 0 spiro atoms. The van der Waals surface area contributed by atoms with E-state index < -0.39 is 24.5 Å². The number of carbonyl (C=O) groups excluding carboxylic acids is 1. The molecule has 1 N–H and O–H groups in total. The minimum absolute atomic E-state index is 0.226. The minimum atomic E-state index is -4.32. The summed E-state index contributed by atoms with van der Waals surface area (Å²) in [6.07, 6.45) is -5.38. The zero-order valence-corrected chi connectivity index (χ0v) is 11.2. The summed E-state index contributed by atoms with van der Waals surface area (Å²) in [5.74, 6) is -0.243. The van der Waals surface area contributed by atoms with Crippen LogP contribution in [0.2, 0.25) is 0 Å². The van der Waals surface area contributed by atoms with Gasteiger partial charge in [-0.25, -0.2) is 0 Å². The Labute approximate surface area is 111 Å². The minimum Gasteiger partial charge on any atom is -0.349 e. The fraction of sp³-hybridized carbons (Fsp3) is 0.500. The first-order chi connectivity index (χ1) is 8.69. The predicted molar refractivity (Wildman–Crippen MR) is 67.8 cm³/mol. The van der Waals surface area contributed by atoms with Gasteiger partial charge in [0.25, 0.3) is 0 Å². The van der Waals surface area contributed by atoms with Crippen molar-refractivity contribution in [2.24, 2.45) is 0 Å². The second-order valence-corrected chi connectivity index (χ2v) is 4.90. The van der Waals surface area contributed by atoms with Crippen molar-refractivity contribution in [3.63, 3.8) is 0 Å². The summed E-state index contributed by atoms with van der Waals surface area (Å²) in [5.41, 5.74) is 1.44. The highest BCUT2D eigenvalue weighted by Gasteiger charge is 2.33. The molecular weight excluding hydrogens is 255 g/mol. The second kappa shape index (κ2) is 6.08. The van der Waals surface area contributed by atoms with Gasteiger partial charge in [0.05, 0.1) is 12.5 Å². The van der Waals surface area contributed by atoms with E-state index in [9.17, 15) is 18.0 Å². The molecule has 0 fully saturated rings. The predicted octanol–water partition coefficient (Wildman–Crippen LogP) is 3.94. The van der Waals surface area contributed by atoms with Crippen LogP contribution in [0.3, 0.4) is 0 Å². The van der Waals surface area contributed by atoms with Crippen molar-refractivity contribution in [2.75, 3.05) is 0 Å². The third kappa shape index (κ3) is 5.32. The molecule has 0 bridgehead atoms. The Bertz CT molecular complexity index is 441. The molecule has 1 aromatic carbocycles. The van der Waals surface area contributed by atoms with Gasteiger partial charge in [0.15, 0.2) is 0 Å². The highest BCUT2D eigenvalue weighted by atomic mass is 19.4. The third-order valence-corrected chi connectivity index (χ3v) is 2.79. The molecular formula is C14H18F3NO. The smallest absolute Gasteiger partial charge is 0.349 e. The average molecular weight is 273 g/mol. The van der Waals surface area contributed by atoms with Crippen LogP contribution >= 0.6 is 0 Å². The number of benzene rings is 1. The lowest BCUT2D eigenvalue weighted by Crippen LogP contribution is -2.30. The molecule has 0 saturated heterocycles. The van der Waals surface area contributed by atoms with Crippen LogP contribution in [0.4, 0.5) is 13.2 Å². The number of carbonyl (C=O) groups is 1. The van der Waals surface area contributed by atoms with E-state index in [0.29, 0.717) is 5.56 Å². The number of alkyl halides is 3. The van der Waals surface area contributed by atoms with Crippen LogP contribution in [0.15, 0.2) is 24.3 Å². The van der Waals surface area contributed by atoms with Gasteiger partial charge >= 0.3 is 6.18 Å². The summed E-state index contributed by atoms with van der Waals surface area (Å²) in [4.78, 5) is 11.1. The van der Waals surface area contributed by atoms with E-state index in [1.807, 2.05) is 19.9 Å². The highest BCUT2D eigenvalue weighted by molar-refractivity contribution is 5.73. The molecule has 0 aliphatic rings. The van der Waals surface area contributed by atoms with Crippen molar-refractivity contribution in [1.82, 2.24) is 5.32 Å². The van der Waals surface area contributed by atoms with Crippen LogP contribution in [0.5, 0.6) is 0 Å². The Morgan fingerprint density at radius 2 is 1.84 bits per heavy atom. The van der Waals surface area contributed by atoms with E-state index in [-0.39, 0.29) is 5.92 Å². The van der Waals surface area contributed by atoms with Gasteiger partial charge in [0, 0.05) is 6.92 Å². The summed E-state index contributed by atoms with van der Waals surface area (Å²) >= 11 is 0. The molecule has 1 amide bonds. The van der Waals surface area contributed by atoms with Crippen molar-refractivity contribution >= 4 is 5.91 Å². The third-order valence-electron chi connectivity index (χ3n) is 2.79. The Kier molecular flexibility index (Phi) is 4.97. The van der Waals surface area contributed by atoms with Gasteiger partial charge < -0.3 is 5.32 Å². The standard InChI is InChI=1S/C14H18F3NO/c1-9(2)11-5-4-6-12(7-11)13(18-10(3)19)8-14(15,16)17/h4-7,9,13H,8H2,1-3H3,(H,18,19). The summed E-state index contributed by atoms with van der Waals surface area (Å²) in [5, 5.41) is 2.36. The average Bonchev–Trinajstić information content (AvgIpc) is 2.25. The molecule has 1 atom stereocenters. The molecule has 5 heteroatoms. The SMILES string of the molecule is CC(=O)NC(CC(F)(F)F)c1cccc(C(C)C)c1. The first-order valence-electron chi connectivity index (χ1n) is 6.12. The van der Waals surface area contributed by atoms with Gasteiger partial charge in [-0.05, 0) is 17.0 Å². The molecule has 106 valence electrons. The fourth-order valence-corrected chi connectivity index (χ4v) is 1.86. The van der Waals surface area contributed by atoms with E-state index in [1.165, 1.54) is 6.92 Å². The van der Waals surface area contributed by atoms with Crippen LogP contribution in [-0.2, 0) is 4.79 Å². The quantitative estimate of drug-likeness (QED) is 0.884. The van der Waals surface area contributed by atoms with E-state index >= 15 is 0 Å². The van der Waals surface area contributed by atoms with Crippen LogP contribution in [0.1, 0.15) is 50.3 Å². The number of rotatable bonds is 4. The molecule has 0 radical (unpaired) electrons. The van der Waals surface area contributed by atoms with Gasteiger partial charge in [0.2, 0.25) is 5.91 Å². The van der Waals surface area contributed by atoms with Crippen LogP contribution in [-0.4, -0.2) is 12.1 Å². The Hall–Kier alpha value is -1.52. The first-order valence-corrected chi connectivity index (χ1v) is 6.12. The Morgan fingerprint density at radius 3 is 2.32 bits per heavy atom. The molecule has 0 saturated carbocycles. The zero-order chi connectivity index (χ0) is 14.6. The van der Waals surface area contributed by atoms with Gasteiger partial charge in [-0.3, -0.25) is 4.79 Å². The van der Waals surface area contributed by atoms with Crippen LogP contribution < -0.4 is 5.32 Å². The molecule has 1 aromatic rings. The highest BCUT2D eigenvalue weighted by Crippen LogP contribution is 2.30. The lowest BCUT2D eigenvalue weighted by atomic mass is 9.96. The summed E-state index contributed by atoms with van der Waals surface area (Å²) < 4.78 is 37.6. The van der Waals surface area contributed by atoms with Gasteiger partial charge in [-0.15, -0.1) is 0 Å². The molecule has 0 heterocycles. The van der Waals surface area contributed by atoms with Crippen molar-refractivity contribution in [3.05, 3.63) is 35.4 Å². The second-order valence-electron chi connectivity index (χ2n) is 4.90. The molecule has 0 aliphatic heterocycles. The zero-order valence-electron chi connectivity index (χ0n) is 11.2. The maximum Gasteiger partial charge on any atom is 0.391 e. The largest absolute Gasteiger partial charge is 0.391 e. The lowest BCUT2D eigenvalue weighted by molar-refractivity contribution is -0.142. The van der Waals surface area contributed by atoms with Crippen LogP contribution in [0.25, 0.3) is 0 Å². The van der Waals surface area contributed by atoms with Crippen molar-refractivity contribution in [1.29, 1.82) is 0 Å². The monoisotopic (exact) mass is 273 g/mol. The Balaban J connectivity index is 3.02. The van der Waals surface area contributed by atoms with E-state index in [1.54, 1.807) is 18.2 Å². The van der Waals surface area contributed by atoms with Gasteiger partial charge in [-0.1, -0.05) is 38.1 Å². The number of hydrogen-bond acceptors (Lipinski definition) is 1.